The van der Waals surface area contributed by atoms with Gasteiger partial charge in [0, 0.05) is 19.1 Å². The van der Waals surface area contributed by atoms with Crippen molar-refractivity contribution in [3.63, 3.8) is 0 Å². The van der Waals surface area contributed by atoms with Crippen molar-refractivity contribution in [1.29, 1.82) is 0 Å². The van der Waals surface area contributed by atoms with Gasteiger partial charge in [-0.25, -0.2) is 4.39 Å². The summed E-state index contributed by atoms with van der Waals surface area (Å²) < 4.78 is 36.5. The SMILES string of the molecule is COCOCC(c1ccc(F)cc1)N1CC2(COC2)CC2(CC2c2ccc(Br)c(OC)c2)C1=O. The maximum Gasteiger partial charge on any atom is 0.230 e. The van der Waals surface area contributed by atoms with Gasteiger partial charge in [0.1, 0.15) is 18.4 Å². The molecule has 1 saturated carbocycles. The molecular formula is C26H29BrFNO5. The molecular weight excluding hydrogens is 505 g/mol. The molecule has 2 aromatic rings. The maximum absolute atomic E-state index is 14.1. The third-order valence-corrected chi connectivity index (χ3v) is 8.12. The third-order valence-electron chi connectivity index (χ3n) is 7.46. The fourth-order valence-electron chi connectivity index (χ4n) is 5.72. The van der Waals surface area contributed by atoms with Gasteiger partial charge in [0.25, 0.3) is 0 Å². The second-order valence-corrected chi connectivity index (χ2v) is 10.6. The number of hydrogen-bond donors (Lipinski definition) is 0. The molecule has 34 heavy (non-hydrogen) atoms. The average molecular weight is 534 g/mol. The van der Waals surface area contributed by atoms with E-state index < -0.39 is 5.41 Å². The number of likely N-dealkylation sites (tertiary alicyclic amines) is 1. The number of carbonyl (C=O) groups excluding carboxylic acids is 1. The second-order valence-electron chi connectivity index (χ2n) is 9.75. The number of methoxy groups -OCH3 is 2. The van der Waals surface area contributed by atoms with Gasteiger partial charge >= 0.3 is 0 Å². The number of piperidine rings is 1. The van der Waals surface area contributed by atoms with E-state index in [1.165, 1.54) is 12.1 Å². The Kier molecular flexibility index (Phi) is 6.44. The van der Waals surface area contributed by atoms with Crippen molar-refractivity contribution in [2.75, 3.05) is 47.4 Å². The van der Waals surface area contributed by atoms with E-state index in [1.807, 2.05) is 17.0 Å². The van der Waals surface area contributed by atoms with Crippen LogP contribution in [0, 0.1) is 16.6 Å². The number of ether oxygens (including phenoxy) is 4. The lowest BCUT2D eigenvalue weighted by atomic mass is 9.70. The van der Waals surface area contributed by atoms with E-state index in [0.717, 1.165) is 34.2 Å². The fourth-order valence-corrected chi connectivity index (χ4v) is 6.13. The molecule has 2 spiro atoms. The Labute approximate surface area is 207 Å². The van der Waals surface area contributed by atoms with Crippen molar-refractivity contribution in [1.82, 2.24) is 4.90 Å². The highest BCUT2D eigenvalue weighted by Crippen LogP contribution is 2.68. The molecule has 182 valence electrons. The van der Waals surface area contributed by atoms with Gasteiger partial charge in [-0.2, -0.15) is 0 Å². The molecule has 8 heteroatoms. The number of rotatable bonds is 8. The predicted molar refractivity (Wildman–Crippen MR) is 127 cm³/mol. The number of amides is 1. The Morgan fingerprint density at radius 3 is 2.62 bits per heavy atom. The summed E-state index contributed by atoms with van der Waals surface area (Å²) in [7, 11) is 3.21. The summed E-state index contributed by atoms with van der Waals surface area (Å²) >= 11 is 3.52. The third kappa shape index (κ3) is 4.15. The molecule has 1 amide bonds. The summed E-state index contributed by atoms with van der Waals surface area (Å²) in [5, 5.41) is 0. The van der Waals surface area contributed by atoms with Gasteiger partial charge in [-0.1, -0.05) is 18.2 Å². The highest BCUT2D eigenvalue weighted by Gasteiger charge is 2.68. The van der Waals surface area contributed by atoms with Crippen LogP contribution in [0.5, 0.6) is 5.75 Å². The lowest BCUT2D eigenvalue weighted by Crippen LogP contribution is -2.61. The summed E-state index contributed by atoms with van der Waals surface area (Å²) in [6.45, 7) is 2.28. The monoisotopic (exact) mass is 533 g/mol. The molecule has 3 fully saturated rings. The molecule has 5 rings (SSSR count). The molecule has 3 aliphatic rings. The van der Waals surface area contributed by atoms with Gasteiger partial charge < -0.3 is 23.8 Å². The average Bonchev–Trinajstić information content (AvgIpc) is 3.53. The Hall–Kier alpha value is -2.00. The second kappa shape index (κ2) is 9.22. The summed E-state index contributed by atoms with van der Waals surface area (Å²) in [5.74, 6) is 0.707. The normalized spacial score (nSPS) is 25.9. The van der Waals surface area contributed by atoms with Crippen LogP contribution in [0.2, 0.25) is 0 Å². The first kappa shape index (κ1) is 23.7. The number of hydrogen-bond acceptors (Lipinski definition) is 5. The Morgan fingerprint density at radius 2 is 1.97 bits per heavy atom. The van der Waals surface area contributed by atoms with Crippen LogP contribution in [-0.2, 0) is 19.0 Å². The summed E-state index contributed by atoms with van der Waals surface area (Å²) in [4.78, 5) is 16.1. The number of halogens is 2. The standard InChI is InChI=1S/C26H29BrFNO5/c1-31-16-33-11-22(17-3-6-19(28)7-4-17)29-13-25(14-34-15-25)12-26(24(29)30)10-20(26)18-5-8-21(27)23(9-18)32-2/h3-9,20,22H,10-16H2,1-2H3. The molecule has 0 N–H and O–H groups in total. The van der Waals surface area contributed by atoms with E-state index in [1.54, 1.807) is 26.4 Å². The molecule has 0 radical (unpaired) electrons. The molecule has 6 nitrogen and oxygen atoms in total. The summed E-state index contributed by atoms with van der Waals surface area (Å²) in [5.41, 5.74) is 1.42. The topological polar surface area (TPSA) is 57.2 Å². The Morgan fingerprint density at radius 1 is 1.21 bits per heavy atom. The van der Waals surface area contributed by atoms with Gasteiger partial charge in [-0.3, -0.25) is 4.79 Å². The Balaban J connectivity index is 1.48. The van der Waals surface area contributed by atoms with Crippen molar-refractivity contribution in [3.8, 4) is 5.75 Å². The molecule has 2 aliphatic heterocycles. The van der Waals surface area contributed by atoms with Gasteiger partial charge in [0.2, 0.25) is 5.91 Å². The zero-order valence-electron chi connectivity index (χ0n) is 19.4. The summed E-state index contributed by atoms with van der Waals surface area (Å²) in [6, 6.07) is 12.1. The number of carbonyl (C=O) groups is 1. The van der Waals surface area contributed by atoms with Gasteiger partial charge in [0.05, 0.1) is 42.9 Å². The first-order valence-corrected chi connectivity index (χ1v) is 12.3. The van der Waals surface area contributed by atoms with E-state index in [4.69, 9.17) is 18.9 Å². The van der Waals surface area contributed by atoms with Crippen molar-refractivity contribution in [2.24, 2.45) is 10.8 Å². The molecule has 0 aromatic heterocycles. The minimum absolute atomic E-state index is 0.0678. The smallest absolute Gasteiger partial charge is 0.230 e. The van der Waals surface area contributed by atoms with Gasteiger partial charge in [0.15, 0.2) is 0 Å². The van der Waals surface area contributed by atoms with Crippen LogP contribution in [-0.4, -0.2) is 58.2 Å². The van der Waals surface area contributed by atoms with Crippen molar-refractivity contribution >= 4 is 21.8 Å². The quantitative estimate of drug-likeness (QED) is 0.364. The fraction of sp³-hybridized carbons (Fsp3) is 0.500. The molecule has 1 aliphatic carbocycles. The van der Waals surface area contributed by atoms with E-state index in [-0.39, 0.29) is 42.5 Å². The van der Waals surface area contributed by atoms with Crippen LogP contribution in [0.3, 0.4) is 0 Å². The molecule has 0 bridgehead atoms. The van der Waals surface area contributed by atoms with Crippen LogP contribution in [0.15, 0.2) is 46.9 Å². The predicted octanol–water partition coefficient (Wildman–Crippen LogP) is 4.68. The molecule has 3 unspecified atom stereocenters. The number of benzene rings is 2. The van der Waals surface area contributed by atoms with Crippen LogP contribution in [0.1, 0.15) is 35.9 Å². The Bertz CT molecular complexity index is 1060. The van der Waals surface area contributed by atoms with Crippen molar-refractivity contribution in [2.45, 2.75) is 24.8 Å². The van der Waals surface area contributed by atoms with E-state index in [0.29, 0.717) is 19.8 Å². The van der Waals surface area contributed by atoms with E-state index in [9.17, 15) is 9.18 Å². The number of nitrogens with zero attached hydrogens (tertiary/aromatic N) is 1. The van der Waals surface area contributed by atoms with Gasteiger partial charge in [-0.05, 0) is 70.1 Å². The van der Waals surface area contributed by atoms with Gasteiger partial charge in [-0.15, -0.1) is 0 Å². The largest absolute Gasteiger partial charge is 0.496 e. The minimum atomic E-state index is -0.472. The van der Waals surface area contributed by atoms with Crippen LogP contribution >= 0.6 is 15.9 Å². The van der Waals surface area contributed by atoms with Crippen molar-refractivity contribution in [3.05, 3.63) is 63.9 Å². The van der Waals surface area contributed by atoms with Crippen LogP contribution in [0.4, 0.5) is 4.39 Å². The summed E-state index contributed by atoms with van der Waals surface area (Å²) in [6.07, 6.45) is 1.61. The lowest BCUT2D eigenvalue weighted by Gasteiger charge is -2.53. The minimum Gasteiger partial charge on any atom is -0.496 e. The van der Waals surface area contributed by atoms with Crippen molar-refractivity contribution < 1.29 is 28.1 Å². The highest BCUT2D eigenvalue weighted by molar-refractivity contribution is 9.10. The maximum atomic E-state index is 14.1. The lowest BCUT2D eigenvalue weighted by molar-refractivity contribution is -0.185. The molecule has 2 aromatic carbocycles. The van der Waals surface area contributed by atoms with E-state index in [2.05, 4.69) is 22.0 Å². The van der Waals surface area contributed by atoms with Crippen LogP contribution in [0.25, 0.3) is 0 Å². The van der Waals surface area contributed by atoms with E-state index >= 15 is 0 Å². The van der Waals surface area contributed by atoms with Crippen LogP contribution < -0.4 is 4.74 Å². The molecule has 3 atom stereocenters. The molecule has 2 saturated heterocycles. The zero-order chi connectivity index (χ0) is 23.9. The first-order chi connectivity index (χ1) is 16.4. The molecule has 2 heterocycles. The highest BCUT2D eigenvalue weighted by atomic mass is 79.9. The first-order valence-electron chi connectivity index (χ1n) is 11.5. The zero-order valence-corrected chi connectivity index (χ0v) is 21.0.